The quantitative estimate of drug-likeness (QED) is 0.683. The summed E-state index contributed by atoms with van der Waals surface area (Å²) in [4.78, 5) is 17.6. The molecule has 1 aromatic heterocycles. The lowest BCUT2D eigenvalue weighted by molar-refractivity contribution is -0.183. The lowest BCUT2D eigenvalue weighted by Gasteiger charge is -2.35. The third-order valence-electron chi connectivity index (χ3n) is 4.39. The van der Waals surface area contributed by atoms with Crippen molar-refractivity contribution in [1.29, 1.82) is 0 Å². The van der Waals surface area contributed by atoms with Crippen LogP contribution in [0.4, 0.5) is 13.2 Å². The number of benzene rings is 1. The summed E-state index contributed by atoms with van der Waals surface area (Å²) in [6, 6.07) is 10.2. The molecule has 1 aliphatic rings. The standard InChI is InChI=1S/C19H21F3N4O2.2ClH/c20-19(21,22)16(26-10-8-23-9-11-26)13-25-18(27)14-6-7-17(24-12-14)28-15-4-2-1-3-5-15;;/h1-7,12,16,23H,8-11,13H2,(H,25,27);2*1H. The van der Waals surface area contributed by atoms with Crippen molar-refractivity contribution in [3.8, 4) is 11.6 Å². The average Bonchev–Trinajstić information content (AvgIpc) is 2.69. The van der Waals surface area contributed by atoms with E-state index in [1.165, 1.54) is 23.2 Å². The predicted molar refractivity (Wildman–Crippen MR) is 112 cm³/mol. The van der Waals surface area contributed by atoms with Crippen LogP contribution in [0.15, 0.2) is 48.7 Å². The van der Waals surface area contributed by atoms with E-state index in [1.807, 2.05) is 18.2 Å². The summed E-state index contributed by atoms with van der Waals surface area (Å²) in [5.41, 5.74) is 0.168. The maximum Gasteiger partial charge on any atom is 0.405 e. The SMILES string of the molecule is Cl.Cl.O=C(NCC(N1CCNCC1)C(F)(F)F)c1ccc(Oc2ccccc2)nc1. The molecule has 30 heavy (non-hydrogen) atoms. The van der Waals surface area contributed by atoms with Crippen molar-refractivity contribution in [2.45, 2.75) is 12.2 Å². The van der Waals surface area contributed by atoms with Crippen LogP contribution in [0.3, 0.4) is 0 Å². The Morgan fingerprint density at radius 3 is 2.37 bits per heavy atom. The molecule has 1 saturated heterocycles. The minimum Gasteiger partial charge on any atom is -0.439 e. The number of para-hydroxylation sites is 1. The molecule has 0 radical (unpaired) electrons. The summed E-state index contributed by atoms with van der Waals surface area (Å²) in [6.07, 6.45) is -3.14. The molecule has 166 valence electrons. The van der Waals surface area contributed by atoms with Gasteiger partial charge in [0, 0.05) is 45.0 Å². The molecule has 1 aliphatic heterocycles. The number of piperazine rings is 1. The van der Waals surface area contributed by atoms with Gasteiger partial charge in [-0.25, -0.2) is 4.98 Å². The number of carbonyl (C=O) groups excluding carboxylic acids is 1. The molecule has 2 heterocycles. The highest BCUT2D eigenvalue weighted by molar-refractivity contribution is 5.93. The summed E-state index contributed by atoms with van der Waals surface area (Å²) in [6.45, 7) is 1.05. The smallest absolute Gasteiger partial charge is 0.405 e. The monoisotopic (exact) mass is 466 g/mol. The molecule has 3 rings (SSSR count). The number of nitrogens with zero attached hydrogens (tertiary/aromatic N) is 2. The molecule has 0 saturated carbocycles. The van der Waals surface area contributed by atoms with E-state index in [0.717, 1.165) is 0 Å². The minimum absolute atomic E-state index is 0. The van der Waals surface area contributed by atoms with Gasteiger partial charge in [-0.1, -0.05) is 18.2 Å². The number of nitrogens with one attached hydrogen (secondary N) is 2. The molecule has 0 spiro atoms. The Labute approximate surface area is 185 Å². The van der Waals surface area contributed by atoms with Crippen molar-refractivity contribution in [2.24, 2.45) is 0 Å². The van der Waals surface area contributed by atoms with Gasteiger partial charge in [-0.15, -0.1) is 24.8 Å². The van der Waals surface area contributed by atoms with Crippen molar-refractivity contribution in [3.05, 3.63) is 54.2 Å². The lowest BCUT2D eigenvalue weighted by Crippen LogP contribution is -2.57. The van der Waals surface area contributed by atoms with Crippen molar-refractivity contribution in [3.63, 3.8) is 0 Å². The molecule has 0 aliphatic carbocycles. The molecular weight excluding hydrogens is 444 g/mol. The van der Waals surface area contributed by atoms with Gasteiger partial charge < -0.3 is 15.4 Å². The van der Waals surface area contributed by atoms with Gasteiger partial charge in [-0.2, -0.15) is 13.2 Å². The Morgan fingerprint density at radius 2 is 1.80 bits per heavy atom. The van der Waals surface area contributed by atoms with E-state index >= 15 is 0 Å². The van der Waals surface area contributed by atoms with Gasteiger partial charge in [-0.3, -0.25) is 9.69 Å². The normalized spacial score (nSPS) is 15.3. The molecule has 6 nitrogen and oxygen atoms in total. The third kappa shape index (κ3) is 7.32. The number of aromatic nitrogens is 1. The number of rotatable bonds is 6. The van der Waals surface area contributed by atoms with Crippen LogP contribution in [-0.4, -0.2) is 60.7 Å². The molecule has 0 bridgehead atoms. The average molecular weight is 467 g/mol. The van der Waals surface area contributed by atoms with Crippen molar-refractivity contribution in [2.75, 3.05) is 32.7 Å². The second kappa shape index (κ2) is 11.9. The van der Waals surface area contributed by atoms with E-state index in [9.17, 15) is 18.0 Å². The second-order valence-corrected chi connectivity index (χ2v) is 6.35. The molecular formula is C19H23Cl2F3N4O2. The fraction of sp³-hybridized carbons (Fsp3) is 0.368. The predicted octanol–water partition coefficient (Wildman–Crippen LogP) is 3.28. The summed E-state index contributed by atoms with van der Waals surface area (Å²) in [5, 5.41) is 5.39. The van der Waals surface area contributed by atoms with Gasteiger partial charge in [0.05, 0.1) is 5.56 Å². The van der Waals surface area contributed by atoms with Crippen LogP contribution in [0.2, 0.25) is 0 Å². The number of halogens is 5. The van der Waals surface area contributed by atoms with Crippen LogP contribution >= 0.6 is 24.8 Å². The van der Waals surface area contributed by atoms with Crippen LogP contribution in [0.5, 0.6) is 11.6 Å². The fourth-order valence-corrected chi connectivity index (χ4v) is 2.92. The first-order valence-electron chi connectivity index (χ1n) is 8.92. The number of hydrogen-bond acceptors (Lipinski definition) is 5. The van der Waals surface area contributed by atoms with Gasteiger partial charge in [0.25, 0.3) is 5.91 Å². The molecule has 2 N–H and O–H groups in total. The van der Waals surface area contributed by atoms with Crippen molar-refractivity contribution in [1.82, 2.24) is 20.5 Å². The van der Waals surface area contributed by atoms with Gasteiger partial charge in [0.2, 0.25) is 5.88 Å². The molecule has 1 aromatic carbocycles. The number of ether oxygens (including phenoxy) is 1. The third-order valence-corrected chi connectivity index (χ3v) is 4.39. The highest BCUT2D eigenvalue weighted by Gasteiger charge is 2.43. The zero-order valence-electron chi connectivity index (χ0n) is 15.9. The molecule has 1 unspecified atom stereocenters. The Morgan fingerprint density at radius 1 is 1.13 bits per heavy atom. The van der Waals surface area contributed by atoms with Gasteiger partial charge in [0.1, 0.15) is 11.8 Å². The number of carbonyl (C=O) groups is 1. The highest BCUT2D eigenvalue weighted by Crippen LogP contribution is 2.25. The van der Waals surface area contributed by atoms with Gasteiger partial charge in [-0.05, 0) is 18.2 Å². The number of alkyl halides is 3. The van der Waals surface area contributed by atoms with E-state index in [1.54, 1.807) is 12.1 Å². The Kier molecular flexibility index (Phi) is 10.3. The summed E-state index contributed by atoms with van der Waals surface area (Å²) < 4.78 is 45.7. The number of pyridine rings is 1. The first kappa shape index (κ1) is 26.0. The summed E-state index contributed by atoms with van der Waals surface area (Å²) in [5.74, 6) is 0.274. The van der Waals surface area contributed by atoms with E-state index < -0.39 is 24.7 Å². The second-order valence-electron chi connectivity index (χ2n) is 6.35. The molecule has 1 amide bonds. The largest absolute Gasteiger partial charge is 0.439 e. The van der Waals surface area contributed by atoms with E-state index in [2.05, 4.69) is 15.6 Å². The zero-order chi connectivity index (χ0) is 20.0. The van der Waals surface area contributed by atoms with Crippen LogP contribution in [-0.2, 0) is 0 Å². The van der Waals surface area contributed by atoms with Crippen molar-refractivity contribution < 1.29 is 22.7 Å². The fourth-order valence-electron chi connectivity index (χ4n) is 2.92. The minimum atomic E-state index is -4.42. The molecule has 1 atom stereocenters. The van der Waals surface area contributed by atoms with E-state index in [4.69, 9.17) is 4.74 Å². The first-order chi connectivity index (χ1) is 13.4. The maximum absolute atomic E-state index is 13.4. The Hall–Kier alpha value is -2.07. The van der Waals surface area contributed by atoms with Crippen LogP contribution in [0, 0.1) is 0 Å². The highest BCUT2D eigenvalue weighted by atomic mass is 35.5. The maximum atomic E-state index is 13.4. The van der Waals surface area contributed by atoms with Gasteiger partial charge in [0.15, 0.2) is 0 Å². The van der Waals surface area contributed by atoms with Crippen LogP contribution in [0.25, 0.3) is 0 Å². The first-order valence-corrected chi connectivity index (χ1v) is 8.92. The Bertz CT molecular complexity index is 774. The van der Waals surface area contributed by atoms with E-state index in [-0.39, 0.29) is 49.3 Å². The van der Waals surface area contributed by atoms with Crippen molar-refractivity contribution >= 4 is 30.7 Å². The van der Waals surface area contributed by atoms with Crippen LogP contribution in [0.1, 0.15) is 10.4 Å². The number of hydrogen-bond donors (Lipinski definition) is 2. The van der Waals surface area contributed by atoms with E-state index in [0.29, 0.717) is 18.8 Å². The lowest BCUT2D eigenvalue weighted by atomic mass is 10.2. The van der Waals surface area contributed by atoms with Crippen LogP contribution < -0.4 is 15.4 Å². The number of amides is 1. The topological polar surface area (TPSA) is 66.5 Å². The van der Waals surface area contributed by atoms with Gasteiger partial charge >= 0.3 is 6.18 Å². The summed E-state index contributed by atoms with van der Waals surface area (Å²) in [7, 11) is 0. The molecule has 11 heteroatoms. The summed E-state index contributed by atoms with van der Waals surface area (Å²) >= 11 is 0. The zero-order valence-corrected chi connectivity index (χ0v) is 17.5. The Balaban J connectivity index is 0.00000225. The molecule has 1 fully saturated rings. The molecule has 2 aromatic rings.